The van der Waals surface area contributed by atoms with Crippen LogP contribution in [0.1, 0.15) is 28.1 Å². The number of hydrogen-bond donors (Lipinski definition) is 1. The molecule has 0 aliphatic heterocycles. The van der Waals surface area contributed by atoms with Crippen LogP contribution in [-0.2, 0) is 0 Å². The van der Waals surface area contributed by atoms with E-state index in [-0.39, 0.29) is 11.8 Å². The molecule has 1 N–H and O–H groups in total. The fraction of sp³-hybridized carbons (Fsp3) is 0.250. The van der Waals surface area contributed by atoms with Gasteiger partial charge >= 0.3 is 0 Å². The summed E-state index contributed by atoms with van der Waals surface area (Å²) in [7, 11) is 1.56. The first-order valence-electron chi connectivity index (χ1n) is 7.42. The summed E-state index contributed by atoms with van der Waals surface area (Å²) in [6.45, 7) is 2.66. The van der Waals surface area contributed by atoms with Crippen molar-refractivity contribution >= 4 is 17.2 Å². The number of tetrazole rings is 1. The lowest BCUT2D eigenvalue weighted by Gasteiger charge is -2.13. The lowest BCUT2D eigenvalue weighted by Crippen LogP contribution is -2.27. The maximum Gasteiger partial charge on any atom is 0.251 e. The molecule has 0 fully saturated rings. The second-order valence-electron chi connectivity index (χ2n) is 5.27. The number of methoxy groups -OCH3 is 1. The van der Waals surface area contributed by atoms with Crippen molar-refractivity contribution in [2.75, 3.05) is 13.7 Å². The Kier molecular flexibility index (Phi) is 4.85. The Morgan fingerprint density at radius 2 is 2.29 bits per heavy atom. The minimum Gasteiger partial charge on any atom is -0.494 e. The van der Waals surface area contributed by atoms with Gasteiger partial charge in [-0.15, -0.1) is 16.4 Å². The van der Waals surface area contributed by atoms with Crippen molar-refractivity contribution in [3.8, 4) is 11.4 Å². The third-order valence-electron chi connectivity index (χ3n) is 3.63. The van der Waals surface area contributed by atoms with Gasteiger partial charge in [-0.1, -0.05) is 13.0 Å². The van der Waals surface area contributed by atoms with Gasteiger partial charge in [-0.3, -0.25) is 4.79 Å². The number of amides is 1. The van der Waals surface area contributed by atoms with Gasteiger partial charge in [0.2, 0.25) is 0 Å². The molecule has 0 aliphatic carbocycles. The zero-order valence-corrected chi connectivity index (χ0v) is 14.2. The van der Waals surface area contributed by atoms with Crippen LogP contribution in [-0.4, -0.2) is 39.8 Å². The van der Waals surface area contributed by atoms with E-state index in [1.54, 1.807) is 36.6 Å². The molecule has 0 saturated carbocycles. The molecule has 0 radical (unpaired) electrons. The fourth-order valence-electron chi connectivity index (χ4n) is 2.30. The van der Waals surface area contributed by atoms with Gasteiger partial charge < -0.3 is 10.1 Å². The highest BCUT2D eigenvalue weighted by atomic mass is 32.1. The van der Waals surface area contributed by atoms with E-state index in [1.807, 2.05) is 11.4 Å². The molecule has 1 amide bonds. The number of rotatable bonds is 6. The molecule has 24 heavy (non-hydrogen) atoms. The number of benzene rings is 1. The summed E-state index contributed by atoms with van der Waals surface area (Å²) in [5.41, 5.74) is 1.14. The summed E-state index contributed by atoms with van der Waals surface area (Å²) in [5, 5.41) is 16.1. The van der Waals surface area contributed by atoms with Gasteiger partial charge in [0.25, 0.3) is 5.91 Å². The van der Waals surface area contributed by atoms with Crippen molar-refractivity contribution in [3.63, 3.8) is 0 Å². The van der Waals surface area contributed by atoms with Crippen LogP contribution in [0.4, 0.5) is 0 Å². The summed E-state index contributed by atoms with van der Waals surface area (Å²) in [6.07, 6.45) is 1.46. The lowest BCUT2D eigenvalue weighted by molar-refractivity contribution is 0.0951. The molecule has 1 aromatic carbocycles. The zero-order valence-electron chi connectivity index (χ0n) is 13.3. The molecular formula is C16H17N5O2S. The quantitative estimate of drug-likeness (QED) is 0.742. The molecule has 0 spiro atoms. The molecule has 3 rings (SSSR count). The van der Waals surface area contributed by atoms with Crippen LogP contribution in [0.3, 0.4) is 0 Å². The highest BCUT2D eigenvalue weighted by Crippen LogP contribution is 2.23. The van der Waals surface area contributed by atoms with Gasteiger partial charge in [0, 0.05) is 22.9 Å². The maximum atomic E-state index is 12.4. The summed E-state index contributed by atoms with van der Waals surface area (Å²) in [5.74, 6) is 0.715. The van der Waals surface area contributed by atoms with Crippen molar-refractivity contribution in [1.82, 2.24) is 25.5 Å². The number of carbonyl (C=O) groups excluding carboxylic acids is 1. The van der Waals surface area contributed by atoms with Crippen molar-refractivity contribution < 1.29 is 9.53 Å². The third-order valence-corrected chi connectivity index (χ3v) is 4.74. The standard InChI is InChI=1S/C16H17N5O2S/c1-11(15-4-3-7-24-15)9-17-16(22)12-5-6-14(23-2)13(8-12)21-10-18-19-20-21/h3-8,10-11H,9H2,1-2H3,(H,17,22)/t11-/m1/s1. The summed E-state index contributed by atoms with van der Waals surface area (Å²) < 4.78 is 6.77. The maximum absolute atomic E-state index is 12.4. The minimum atomic E-state index is -0.143. The number of aromatic nitrogens is 4. The molecule has 7 nitrogen and oxygen atoms in total. The molecule has 0 bridgehead atoms. The highest BCUT2D eigenvalue weighted by Gasteiger charge is 2.14. The molecule has 8 heteroatoms. The van der Waals surface area contributed by atoms with Crippen LogP contribution in [0, 0.1) is 0 Å². The largest absolute Gasteiger partial charge is 0.494 e. The van der Waals surface area contributed by atoms with Crippen molar-refractivity contribution in [2.45, 2.75) is 12.8 Å². The van der Waals surface area contributed by atoms with Crippen LogP contribution in [0.25, 0.3) is 5.69 Å². The number of nitrogens with one attached hydrogen (secondary N) is 1. The van der Waals surface area contributed by atoms with Crippen LogP contribution >= 0.6 is 11.3 Å². The molecule has 124 valence electrons. The van der Waals surface area contributed by atoms with Crippen LogP contribution in [0.15, 0.2) is 42.0 Å². The fourth-order valence-corrected chi connectivity index (χ4v) is 3.09. The van der Waals surface area contributed by atoms with Gasteiger partial charge in [0.05, 0.1) is 7.11 Å². The number of nitrogens with zero attached hydrogens (tertiary/aromatic N) is 4. The van der Waals surface area contributed by atoms with E-state index in [2.05, 4.69) is 33.8 Å². The van der Waals surface area contributed by atoms with E-state index in [0.717, 1.165) is 0 Å². The third kappa shape index (κ3) is 3.43. The van der Waals surface area contributed by atoms with E-state index < -0.39 is 0 Å². The SMILES string of the molecule is COc1ccc(C(=O)NC[C@@H](C)c2cccs2)cc1-n1cnnn1. The van der Waals surface area contributed by atoms with Gasteiger partial charge in [-0.05, 0) is 40.1 Å². The summed E-state index contributed by atoms with van der Waals surface area (Å²) >= 11 is 1.69. The molecule has 1 atom stereocenters. The molecule has 2 aromatic heterocycles. The first-order chi connectivity index (χ1) is 11.7. The molecular weight excluding hydrogens is 326 g/mol. The number of hydrogen-bond acceptors (Lipinski definition) is 6. The van der Waals surface area contributed by atoms with Crippen LogP contribution in [0.5, 0.6) is 5.75 Å². The monoisotopic (exact) mass is 343 g/mol. The summed E-state index contributed by atoms with van der Waals surface area (Å²) in [4.78, 5) is 13.7. The average Bonchev–Trinajstić information content (AvgIpc) is 3.32. The second-order valence-corrected chi connectivity index (χ2v) is 6.25. The topological polar surface area (TPSA) is 81.9 Å². The predicted molar refractivity (Wildman–Crippen MR) is 90.8 cm³/mol. The lowest BCUT2D eigenvalue weighted by atomic mass is 10.1. The minimum absolute atomic E-state index is 0.143. The first kappa shape index (κ1) is 16.1. The van der Waals surface area contributed by atoms with Crippen LogP contribution < -0.4 is 10.1 Å². The Labute approximate surface area is 143 Å². The number of carbonyl (C=O) groups is 1. The smallest absolute Gasteiger partial charge is 0.251 e. The Hall–Kier alpha value is -2.74. The van der Waals surface area contributed by atoms with Gasteiger partial charge in [0.1, 0.15) is 17.8 Å². The highest BCUT2D eigenvalue weighted by molar-refractivity contribution is 7.10. The molecule has 2 heterocycles. The Bertz CT molecular complexity index is 802. The average molecular weight is 343 g/mol. The first-order valence-corrected chi connectivity index (χ1v) is 8.30. The number of ether oxygens (including phenoxy) is 1. The second kappa shape index (κ2) is 7.22. The van der Waals surface area contributed by atoms with E-state index in [0.29, 0.717) is 23.5 Å². The Morgan fingerprint density at radius 1 is 1.42 bits per heavy atom. The van der Waals surface area contributed by atoms with E-state index in [9.17, 15) is 4.79 Å². The van der Waals surface area contributed by atoms with E-state index in [4.69, 9.17) is 4.74 Å². The molecule has 3 aromatic rings. The van der Waals surface area contributed by atoms with Crippen molar-refractivity contribution in [3.05, 3.63) is 52.5 Å². The van der Waals surface area contributed by atoms with Crippen molar-refractivity contribution in [2.24, 2.45) is 0 Å². The number of thiophene rings is 1. The van der Waals surface area contributed by atoms with Crippen molar-refractivity contribution in [1.29, 1.82) is 0 Å². The van der Waals surface area contributed by atoms with E-state index in [1.165, 1.54) is 15.9 Å². The van der Waals surface area contributed by atoms with Gasteiger partial charge in [-0.2, -0.15) is 4.68 Å². The Morgan fingerprint density at radius 3 is 2.96 bits per heavy atom. The Balaban J connectivity index is 1.74. The van der Waals surface area contributed by atoms with E-state index >= 15 is 0 Å². The van der Waals surface area contributed by atoms with Gasteiger partial charge in [0.15, 0.2) is 0 Å². The van der Waals surface area contributed by atoms with Crippen LogP contribution in [0.2, 0.25) is 0 Å². The summed E-state index contributed by atoms with van der Waals surface area (Å²) in [6, 6.07) is 9.25. The molecule has 0 aliphatic rings. The molecule has 0 saturated heterocycles. The zero-order chi connectivity index (χ0) is 16.9. The normalized spacial score (nSPS) is 11.9. The molecule has 0 unspecified atom stereocenters. The van der Waals surface area contributed by atoms with Gasteiger partial charge in [-0.25, -0.2) is 0 Å². The predicted octanol–water partition coefficient (Wildman–Crippen LogP) is 2.27.